The fourth-order valence-electron chi connectivity index (χ4n) is 2.70. The van der Waals surface area contributed by atoms with Crippen molar-refractivity contribution in [1.82, 2.24) is 10.2 Å². The smallest absolute Gasteiger partial charge is 0.337 e. The number of carbonyl (C=O) groups excluding carboxylic acids is 3. The first-order valence-corrected chi connectivity index (χ1v) is 8.89. The monoisotopic (exact) mass is 408 g/mol. The van der Waals surface area contributed by atoms with Crippen LogP contribution in [0, 0.1) is 0 Å². The molecule has 3 rings (SSSR count). The average molecular weight is 408 g/mol. The number of primary amides is 1. The lowest BCUT2D eigenvalue weighted by Crippen LogP contribution is -2.19. The summed E-state index contributed by atoms with van der Waals surface area (Å²) in [7, 11) is 1.29. The first-order chi connectivity index (χ1) is 14.5. The lowest BCUT2D eigenvalue weighted by molar-refractivity contribution is 0.0600. The van der Waals surface area contributed by atoms with Crippen molar-refractivity contribution in [2.75, 3.05) is 23.1 Å². The van der Waals surface area contributed by atoms with Gasteiger partial charge in [-0.05, 0) is 35.9 Å². The summed E-state index contributed by atoms with van der Waals surface area (Å²) < 4.78 is 4.67. The van der Waals surface area contributed by atoms with Gasteiger partial charge in [0.1, 0.15) is 0 Å². The molecule has 0 spiro atoms. The number of H-pyrrole nitrogens is 1. The second kappa shape index (κ2) is 9.24. The van der Waals surface area contributed by atoms with E-state index < -0.39 is 17.9 Å². The molecule has 3 amide bonds. The van der Waals surface area contributed by atoms with Gasteiger partial charge in [-0.15, -0.1) is 0 Å². The van der Waals surface area contributed by atoms with Crippen molar-refractivity contribution < 1.29 is 19.1 Å². The number of amides is 3. The normalized spacial score (nSPS) is 10.2. The van der Waals surface area contributed by atoms with Crippen LogP contribution in [0.15, 0.2) is 54.7 Å². The minimum atomic E-state index is -0.637. The summed E-state index contributed by atoms with van der Waals surface area (Å²) in [4.78, 5) is 35.2. The number of nitrogens with two attached hydrogens (primary N) is 1. The molecule has 6 N–H and O–H groups in total. The van der Waals surface area contributed by atoms with Crippen molar-refractivity contribution in [3.05, 3.63) is 71.5 Å². The first-order valence-electron chi connectivity index (χ1n) is 8.89. The number of benzene rings is 2. The number of urea groups is 1. The molecule has 0 saturated carbocycles. The second-order valence-electron chi connectivity index (χ2n) is 6.22. The Morgan fingerprint density at radius 2 is 1.77 bits per heavy atom. The third-order valence-corrected chi connectivity index (χ3v) is 4.08. The van der Waals surface area contributed by atoms with Gasteiger partial charge >= 0.3 is 12.0 Å². The molecule has 0 radical (unpaired) electrons. The minimum Gasteiger partial charge on any atom is -0.465 e. The second-order valence-corrected chi connectivity index (χ2v) is 6.22. The highest BCUT2D eigenvalue weighted by Gasteiger charge is 2.11. The van der Waals surface area contributed by atoms with Crippen LogP contribution in [0.3, 0.4) is 0 Å². The summed E-state index contributed by atoms with van der Waals surface area (Å²) in [6.07, 6.45) is 1.54. The molecule has 0 atom stereocenters. The van der Waals surface area contributed by atoms with Gasteiger partial charge in [0.25, 0.3) is 5.91 Å². The van der Waals surface area contributed by atoms with E-state index >= 15 is 0 Å². The van der Waals surface area contributed by atoms with Crippen molar-refractivity contribution in [3.8, 4) is 0 Å². The molecule has 0 fully saturated rings. The van der Waals surface area contributed by atoms with E-state index in [0.717, 1.165) is 5.56 Å². The standard InChI is InChI=1S/C20H20N6O4/c1-30-19(28)13-5-3-7-15(9-13)25-20(29)24-14-6-2-4-12(8-14)10-22-16-11-23-26-17(16)18(21)27/h2-9,11,22H,10H2,1H3,(H2,21,27)(H,23,26)(H2,24,25,29). The van der Waals surface area contributed by atoms with Crippen LogP contribution in [0.25, 0.3) is 0 Å². The molecule has 0 unspecified atom stereocenters. The minimum absolute atomic E-state index is 0.123. The molecule has 0 aliphatic carbocycles. The van der Waals surface area contributed by atoms with E-state index in [1.165, 1.54) is 19.4 Å². The summed E-state index contributed by atoms with van der Waals surface area (Å²) in [5, 5.41) is 14.8. The summed E-state index contributed by atoms with van der Waals surface area (Å²) in [6.45, 7) is 0.387. The van der Waals surface area contributed by atoms with Gasteiger partial charge in [0, 0.05) is 24.1 Å². The fourth-order valence-corrected chi connectivity index (χ4v) is 2.70. The van der Waals surface area contributed by atoms with E-state index in [0.29, 0.717) is 29.2 Å². The number of carbonyl (C=O) groups is 3. The van der Waals surface area contributed by atoms with Gasteiger partial charge in [-0.25, -0.2) is 9.59 Å². The van der Waals surface area contributed by atoms with E-state index in [2.05, 4.69) is 30.9 Å². The Hall–Kier alpha value is -4.34. The first kappa shape index (κ1) is 20.4. The Morgan fingerprint density at radius 3 is 2.47 bits per heavy atom. The van der Waals surface area contributed by atoms with E-state index in [-0.39, 0.29) is 5.69 Å². The van der Waals surface area contributed by atoms with Gasteiger partial charge in [0.15, 0.2) is 5.69 Å². The van der Waals surface area contributed by atoms with E-state index in [4.69, 9.17) is 5.73 Å². The number of anilines is 3. The highest BCUT2D eigenvalue weighted by atomic mass is 16.5. The van der Waals surface area contributed by atoms with E-state index in [1.807, 2.05) is 6.07 Å². The molecule has 1 aromatic heterocycles. The Bertz CT molecular complexity index is 1080. The fraction of sp³-hybridized carbons (Fsp3) is 0.100. The number of ether oxygens (including phenoxy) is 1. The number of nitrogens with one attached hydrogen (secondary N) is 4. The molecule has 0 aliphatic heterocycles. The van der Waals surface area contributed by atoms with Crippen molar-refractivity contribution in [1.29, 1.82) is 0 Å². The van der Waals surface area contributed by atoms with Crippen molar-refractivity contribution in [2.45, 2.75) is 6.54 Å². The highest BCUT2D eigenvalue weighted by molar-refractivity contribution is 6.01. The summed E-state index contributed by atoms with van der Waals surface area (Å²) >= 11 is 0. The lowest BCUT2D eigenvalue weighted by Gasteiger charge is -2.10. The highest BCUT2D eigenvalue weighted by Crippen LogP contribution is 2.16. The van der Waals surface area contributed by atoms with Crippen LogP contribution in [0.5, 0.6) is 0 Å². The van der Waals surface area contributed by atoms with Crippen LogP contribution in [-0.4, -0.2) is 35.2 Å². The molecule has 1 heterocycles. The molecule has 0 bridgehead atoms. The van der Waals surface area contributed by atoms with Crippen LogP contribution in [-0.2, 0) is 11.3 Å². The quantitative estimate of drug-likeness (QED) is 0.379. The lowest BCUT2D eigenvalue weighted by atomic mass is 10.2. The molecule has 0 saturated heterocycles. The maximum atomic E-state index is 12.3. The number of rotatable bonds is 7. The molecule has 0 aliphatic rings. The molecule has 3 aromatic rings. The molecular formula is C20H20N6O4. The largest absolute Gasteiger partial charge is 0.465 e. The zero-order chi connectivity index (χ0) is 21.5. The molecule has 30 heavy (non-hydrogen) atoms. The van der Waals surface area contributed by atoms with Crippen LogP contribution < -0.4 is 21.7 Å². The van der Waals surface area contributed by atoms with E-state index in [1.54, 1.807) is 36.4 Å². The Morgan fingerprint density at radius 1 is 1.07 bits per heavy atom. The van der Waals surface area contributed by atoms with Crippen LogP contribution >= 0.6 is 0 Å². The van der Waals surface area contributed by atoms with Gasteiger partial charge in [-0.1, -0.05) is 18.2 Å². The number of esters is 1. The van der Waals surface area contributed by atoms with Gasteiger partial charge in [-0.2, -0.15) is 5.10 Å². The van der Waals surface area contributed by atoms with Gasteiger partial charge in [0.2, 0.25) is 0 Å². The summed E-state index contributed by atoms with van der Waals surface area (Å²) in [6, 6.07) is 13.1. The van der Waals surface area contributed by atoms with Crippen molar-refractivity contribution in [3.63, 3.8) is 0 Å². The summed E-state index contributed by atoms with van der Waals surface area (Å²) in [5.41, 5.74) is 8.08. The number of hydrogen-bond donors (Lipinski definition) is 5. The average Bonchev–Trinajstić information content (AvgIpc) is 3.21. The maximum Gasteiger partial charge on any atom is 0.337 e. The number of nitrogens with zero attached hydrogens (tertiary/aromatic N) is 1. The topological polar surface area (TPSA) is 151 Å². The summed E-state index contributed by atoms with van der Waals surface area (Å²) in [5.74, 6) is -1.13. The SMILES string of the molecule is COC(=O)c1cccc(NC(=O)Nc2cccc(CNc3c[nH]nc3C(N)=O)c2)c1. The van der Waals surface area contributed by atoms with Crippen LogP contribution in [0.1, 0.15) is 26.4 Å². The number of aromatic nitrogens is 2. The molecule has 154 valence electrons. The molecule has 10 nitrogen and oxygen atoms in total. The number of methoxy groups -OCH3 is 1. The Kier molecular flexibility index (Phi) is 6.28. The number of aromatic amines is 1. The van der Waals surface area contributed by atoms with Crippen LogP contribution in [0.2, 0.25) is 0 Å². The van der Waals surface area contributed by atoms with E-state index in [9.17, 15) is 14.4 Å². The Labute approximate surface area is 171 Å². The van der Waals surface area contributed by atoms with Crippen LogP contribution in [0.4, 0.5) is 21.9 Å². The van der Waals surface area contributed by atoms with Crippen molar-refractivity contribution in [2.24, 2.45) is 5.73 Å². The van der Waals surface area contributed by atoms with Gasteiger partial charge in [-0.3, -0.25) is 9.89 Å². The van der Waals surface area contributed by atoms with Crippen molar-refractivity contribution >= 4 is 35.0 Å². The number of hydrogen-bond acceptors (Lipinski definition) is 6. The predicted molar refractivity (Wildman–Crippen MR) is 111 cm³/mol. The zero-order valence-corrected chi connectivity index (χ0v) is 16.1. The predicted octanol–water partition coefficient (Wildman–Crippen LogP) is 2.55. The third kappa shape index (κ3) is 5.13. The molecule has 2 aromatic carbocycles. The third-order valence-electron chi connectivity index (χ3n) is 4.08. The maximum absolute atomic E-state index is 12.3. The van der Waals surface area contributed by atoms with Gasteiger partial charge in [0.05, 0.1) is 18.4 Å². The zero-order valence-electron chi connectivity index (χ0n) is 16.1. The Balaban J connectivity index is 1.61. The van der Waals surface area contributed by atoms with Gasteiger partial charge < -0.3 is 26.4 Å². The molecular weight excluding hydrogens is 388 g/mol. The molecule has 10 heteroatoms.